The zero-order valence-electron chi connectivity index (χ0n) is 13.8. The molecule has 0 saturated carbocycles. The van der Waals surface area contributed by atoms with E-state index in [1.807, 2.05) is 0 Å². The van der Waals surface area contributed by atoms with Crippen LogP contribution in [0, 0.1) is 24.5 Å². The quantitative estimate of drug-likeness (QED) is 0.745. The molecule has 0 bridgehead atoms. The van der Waals surface area contributed by atoms with Crippen LogP contribution in [0.2, 0.25) is 0 Å². The van der Waals surface area contributed by atoms with Crippen molar-refractivity contribution in [1.29, 1.82) is 0 Å². The minimum absolute atomic E-state index is 0.0819. The number of hydrogen-bond donors (Lipinski definition) is 2. The van der Waals surface area contributed by atoms with Gasteiger partial charge in [0.1, 0.15) is 5.82 Å². The van der Waals surface area contributed by atoms with Crippen molar-refractivity contribution < 1.29 is 8.78 Å². The van der Waals surface area contributed by atoms with Crippen LogP contribution in [-0.4, -0.2) is 32.7 Å². The number of halogens is 2. The highest BCUT2D eigenvalue weighted by atomic mass is 19.2. The molecular weight excluding hydrogens is 328 g/mol. The van der Waals surface area contributed by atoms with Crippen LogP contribution < -0.4 is 10.9 Å². The lowest BCUT2D eigenvalue weighted by molar-refractivity contribution is 0.508. The molecule has 0 spiro atoms. The lowest BCUT2D eigenvalue weighted by Gasteiger charge is -2.13. The molecule has 6 nitrogen and oxygen atoms in total. The van der Waals surface area contributed by atoms with Crippen LogP contribution in [0.5, 0.6) is 0 Å². The van der Waals surface area contributed by atoms with E-state index in [1.54, 1.807) is 6.92 Å². The second-order valence-electron chi connectivity index (χ2n) is 6.54. The van der Waals surface area contributed by atoms with Gasteiger partial charge in [-0.15, -0.1) is 0 Å². The van der Waals surface area contributed by atoms with E-state index in [-0.39, 0.29) is 17.0 Å². The van der Waals surface area contributed by atoms with Crippen LogP contribution in [-0.2, 0) is 0 Å². The average Bonchev–Trinajstić information content (AvgIpc) is 3.17. The van der Waals surface area contributed by atoms with Crippen LogP contribution in [0.15, 0.2) is 23.1 Å². The Morgan fingerprint density at radius 1 is 1.24 bits per heavy atom. The Morgan fingerprint density at radius 2 is 2.00 bits per heavy atom. The minimum Gasteiger partial charge on any atom is -0.316 e. The van der Waals surface area contributed by atoms with Crippen molar-refractivity contribution in [2.24, 2.45) is 5.92 Å². The number of hydrogen-bond acceptors (Lipinski definition) is 4. The van der Waals surface area contributed by atoms with E-state index >= 15 is 0 Å². The molecule has 1 aromatic carbocycles. The van der Waals surface area contributed by atoms with E-state index in [9.17, 15) is 13.6 Å². The average molecular weight is 345 g/mol. The Bertz CT molecular complexity index is 1030. The summed E-state index contributed by atoms with van der Waals surface area (Å²) in [4.78, 5) is 19.4. The molecule has 2 atom stereocenters. The molecule has 1 aliphatic heterocycles. The van der Waals surface area contributed by atoms with Gasteiger partial charge in [0, 0.05) is 18.0 Å². The topological polar surface area (TPSA) is 75.1 Å². The van der Waals surface area contributed by atoms with Gasteiger partial charge in [-0.05, 0) is 37.1 Å². The summed E-state index contributed by atoms with van der Waals surface area (Å²) >= 11 is 0. The van der Waals surface area contributed by atoms with Crippen molar-refractivity contribution in [2.45, 2.75) is 19.8 Å². The first-order chi connectivity index (χ1) is 12.0. The van der Waals surface area contributed by atoms with Crippen LogP contribution in [0.4, 0.5) is 8.78 Å². The van der Waals surface area contributed by atoms with Crippen molar-refractivity contribution in [2.75, 3.05) is 13.1 Å². The number of aryl methyl sites for hydroxylation is 1. The third-order valence-corrected chi connectivity index (χ3v) is 4.80. The molecule has 1 saturated heterocycles. The van der Waals surface area contributed by atoms with Gasteiger partial charge < -0.3 is 10.3 Å². The highest BCUT2D eigenvalue weighted by molar-refractivity contribution is 5.64. The van der Waals surface area contributed by atoms with Gasteiger partial charge in [0.05, 0.1) is 6.20 Å². The van der Waals surface area contributed by atoms with E-state index < -0.39 is 11.6 Å². The summed E-state index contributed by atoms with van der Waals surface area (Å²) in [6.45, 7) is 5.33. The number of fused-ring (bicyclic) bond motifs is 1. The molecule has 130 valence electrons. The normalized spacial score (nSPS) is 20.5. The number of H-pyrrole nitrogens is 1. The van der Waals surface area contributed by atoms with E-state index in [1.165, 1.54) is 10.7 Å². The second kappa shape index (κ2) is 5.73. The molecule has 3 aromatic rings. The van der Waals surface area contributed by atoms with Gasteiger partial charge in [-0.1, -0.05) is 6.92 Å². The van der Waals surface area contributed by atoms with Crippen LogP contribution >= 0.6 is 0 Å². The monoisotopic (exact) mass is 345 g/mol. The van der Waals surface area contributed by atoms with Crippen LogP contribution in [0.3, 0.4) is 0 Å². The standard InChI is InChI=1S/C17H17F2N5O/c1-8-3-12(18)13(19)4-10(8)16-21-7-14-17(25)22-15(23-24(14)16)11-6-20-5-9(11)2/h3-4,7,9,11,20H,5-6H2,1-2H3,(H,22,23,25). The summed E-state index contributed by atoms with van der Waals surface area (Å²) in [5.41, 5.74) is 0.885. The molecule has 1 fully saturated rings. The minimum atomic E-state index is -0.962. The number of imidazole rings is 1. The maximum atomic E-state index is 13.7. The first-order valence-electron chi connectivity index (χ1n) is 8.10. The zero-order chi connectivity index (χ0) is 17.7. The van der Waals surface area contributed by atoms with Crippen molar-refractivity contribution in [1.82, 2.24) is 24.9 Å². The molecule has 2 N–H and O–H groups in total. The molecule has 2 unspecified atom stereocenters. The fourth-order valence-electron chi connectivity index (χ4n) is 3.33. The molecule has 0 radical (unpaired) electrons. The molecule has 0 amide bonds. The van der Waals surface area contributed by atoms with Crippen LogP contribution in [0.1, 0.15) is 24.2 Å². The maximum absolute atomic E-state index is 13.7. The zero-order valence-corrected chi connectivity index (χ0v) is 13.8. The Balaban J connectivity index is 1.93. The number of aromatic nitrogens is 4. The third kappa shape index (κ3) is 2.53. The Morgan fingerprint density at radius 3 is 2.72 bits per heavy atom. The highest BCUT2D eigenvalue weighted by Gasteiger charge is 2.28. The molecule has 8 heteroatoms. The molecule has 1 aliphatic rings. The van der Waals surface area contributed by atoms with E-state index in [0.717, 1.165) is 25.2 Å². The maximum Gasteiger partial charge on any atom is 0.276 e. The molecule has 3 heterocycles. The first-order valence-corrected chi connectivity index (χ1v) is 8.10. The van der Waals surface area contributed by atoms with Crippen molar-refractivity contribution in [3.63, 3.8) is 0 Å². The van der Waals surface area contributed by atoms with Gasteiger partial charge in [-0.25, -0.2) is 18.3 Å². The summed E-state index contributed by atoms with van der Waals surface area (Å²) in [6.07, 6.45) is 1.39. The summed E-state index contributed by atoms with van der Waals surface area (Å²) in [5.74, 6) is -0.585. The largest absolute Gasteiger partial charge is 0.316 e. The smallest absolute Gasteiger partial charge is 0.276 e. The second-order valence-corrected chi connectivity index (χ2v) is 6.54. The van der Waals surface area contributed by atoms with Gasteiger partial charge in [-0.3, -0.25) is 4.79 Å². The van der Waals surface area contributed by atoms with Gasteiger partial charge in [0.2, 0.25) is 0 Å². The van der Waals surface area contributed by atoms with Gasteiger partial charge in [-0.2, -0.15) is 5.10 Å². The third-order valence-electron chi connectivity index (χ3n) is 4.80. The SMILES string of the molecule is Cc1cc(F)c(F)cc1-c1ncc2c(=O)[nH]c(C3CNCC3C)nn12. The molecule has 0 aliphatic carbocycles. The molecule has 2 aromatic heterocycles. The predicted molar refractivity (Wildman–Crippen MR) is 88.5 cm³/mol. The summed E-state index contributed by atoms with van der Waals surface area (Å²) in [7, 11) is 0. The van der Waals surface area contributed by atoms with Crippen molar-refractivity contribution >= 4 is 5.52 Å². The number of benzene rings is 1. The molecule has 25 heavy (non-hydrogen) atoms. The summed E-state index contributed by atoms with van der Waals surface area (Å²) < 4.78 is 28.5. The Kier molecular flexibility index (Phi) is 3.64. The van der Waals surface area contributed by atoms with Gasteiger partial charge in [0.15, 0.2) is 23.0 Å². The number of rotatable bonds is 2. The fourth-order valence-corrected chi connectivity index (χ4v) is 3.33. The summed E-state index contributed by atoms with van der Waals surface area (Å²) in [5, 5.41) is 7.81. The highest BCUT2D eigenvalue weighted by Crippen LogP contribution is 2.27. The lowest BCUT2D eigenvalue weighted by atomic mass is 9.97. The number of aromatic amines is 1. The van der Waals surface area contributed by atoms with Gasteiger partial charge >= 0.3 is 0 Å². The first kappa shape index (κ1) is 15.9. The van der Waals surface area contributed by atoms with E-state index in [4.69, 9.17) is 0 Å². The molecular formula is C17H17F2N5O. The lowest BCUT2D eigenvalue weighted by Crippen LogP contribution is -2.21. The Labute approximate surface area is 141 Å². The predicted octanol–water partition coefficient (Wildman–Crippen LogP) is 1.99. The molecule has 4 rings (SSSR count). The Hall–Kier alpha value is -2.61. The van der Waals surface area contributed by atoms with Gasteiger partial charge in [0.25, 0.3) is 5.56 Å². The summed E-state index contributed by atoms with van der Waals surface area (Å²) in [6, 6.07) is 2.20. The van der Waals surface area contributed by atoms with Crippen molar-refractivity contribution in [3.8, 4) is 11.4 Å². The van der Waals surface area contributed by atoms with E-state index in [0.29, 0.717) is 28.7 Å². The number of nitrogens with one attached hydrogen (secondary N) is 2. The fraction of sp³-hybridized carbons (Fsp3) is 0.353. The number of nitrogens with zero attached hydrogens (tertiary/aromatic N) is 3. The van der Waals surface area contributed by atoms with Crippen LogP contribution in [0.25, 0.3) is 16.9 Å². The van der Waals surface area contributed by atoms with E-state index in [2.05, 4.69) is 27.3 Å². The van der Waals surface area contributed by atoms with Crippen molar-refractivity contribution in [3.05, 3.63) is 51.7 Å².